The van der Waals surface area contributed by atoms with E-state index in [1.165, 1.54) is 0 Å². The van der Waals surface area contributed by atoms with Gasteiger partial charge < -0.3 is 10.1 Å². The van der Waals surface area contributed by atoms with Crippen molar-refractivity contribution in [1.82, 2.24) is 15.6 Å². The number of amides is 1. The fourth-order valence-electron chi connectivity index (χ4n) is 2.59. The summed E-state index contributed by atoms with van der Waals surface area (Å²) in [6, 6.07) is 11.4. The SMILES string of the molecule is CCCCN[C@@H](Cc1cccc(OC)c1)NC(=O)c1ccnc(C)c1. The Bertz CT molecular complexity index is 688. The van der Waals surface area contributed by atoms with Crippen LogP contribution in [0.15, 0.2) is 42.6 Å². The van der Waals surface area contributed by atoms with Crippen LogP contribution in [0, 0.1) is 6.92 Å². The van der Waals surface area contributed by atoms with Crippen LogP contribution in [0.2, 0.25) is 0 Å². The predicted octanol–water partition coefficient (Wildman–Crippen LogP) is 3.09. The minimum absolute atomic E-state index is 0.0950. The minimum Gasteiger partial charge on any atom is -0.497 e. The lowest BCUT2D eigenvalue weighted by Gasteiger charge is -2.21. The van der Waals surface area contributed by atoms with E-state index < -0.39 is 0 Å². The second kappa shape index (κ2) is 9.79. The summed E-state index contributed by atoms with van der Waals surface area (Å²) in [6.07, 6.45) is 4.39. The molecule has 1 aromatic carbocycles. The number of methoxy groups -OCH3 is 1. The molecule has 0 spiro atoms. The molecule has 1 heterocycles. The number of unbranched alkanes of at least 4 members (excludes halogenated alkanes) is 1. The lowest BCUT2D eigenvalue weighted by atomic mass is 10.1. The molecule has 0 radical (unpaired) electrons. The summed E-state index contributed by atoms with van der Waals surface area (Å²) in [7, 11) is 1.66. The van der Waals surface area contributed by atoms with Crippen molar-refractivity contribution in [1.29, 1.82) is 0 Å². The van der Waals surface area contributed by atoms with Crippen molar-refractivity contribution >= 4 is 5.91 Å². The quantitative estimate of drug-likeness (QED) is 0.543. The van der Waals surface area contributed by atoms with Crippen molar-refractivity contribution in [3.63, 3.8) is 0 Å². The van der Waals surface area contributed by atoms with Crippen molar-refractivity contribution in [2.75, 3.05) is 13.7 Å². The van der Waals surface area contributed by atoms with Crippen molar-refractivity contribution in [3.8, 4) is 5.75 Å². The smallest absolute Gasteiger partial charge is 0.252 e. The summed E-state index contributed by atoms with van der Waals surface area (Å²) in [5, 5.41) is 6.52. The fraction of sp³-hybridized carbons (Fsp3) is 0.400. The molecule has 0 aliphatic rings. The third-order valence-corrected chi connectivity index (χ3v) is 3.96. The Morgan fingerprint density at radius 1 is 1.28 bits per heavy atom. The number of hydrogen-bond donors (Lipinski definition) is 2. The van der Waals surface area contributed by atoms with Gasteiger partial charge in [0.2, 0.25) is 0 Å². The molecule has 1 aromatic heterocycles. The third-order valence-electron chi connectivity index (χ3n) is 3.96. The lowest BCUT2D eigenvalue weighted by molar-refractivity contribution is 0.0929. The number of pyridine rings is 1. The second-order valence-electron chi connectivity index (χ2n) is 6.08. The van der Waals surface area contributed by atoms with E-state index in [9.17, 15) is 4.79 Å². The summed E-state index contributed by atoms with van der Waals surface area (Å²) in [5.41, 5.74) is 2.57. The van der Waals surface area contributed by atoms with E-state index in [-0.39, 0.29) is 12.1 Å². The molecule has 0 saturated carbocycles. The number of carbonyl (C=O) groups excluding carboxylic acids is 1. The van der Waals surface area contributed by atoms with Gasteiger partial charge >= 0.3 is 0 Å². The number of nitrogens with one attached hydrogen (secondary N) is 2. The Labute approximate surface area is 149 Å². The van der Waals surface area contributed by atoms with Gasteiger partial charge in [0.15, 0.2) is 0 Å². The van der Waals surface area contributed by atoms with Crippen molar-refractivity contribution in [3.05, 3.63) is 59.4 Å². The van der Waals surface area contributed by atoms with Gasteiger partial charge in [-0.2, -0.15) is 0 Å². The summed E-state index contributed by atoms with van der Waals surface area (Å²) in [4.78, 5) is 16.7. The molecule has 0 aliphatic heterocycles. The highest BCUT2D eigenvalue weighted by Crippen LogP contribution is 2.14. The van der Waals surface area contributed by atoms with Gasteiger partial charge in [-0.1, -0.05) is 25.5 Å². The molecule has 1 atom stereocenters. The lowest BCUT2D eigenvalue weighted by Crippen LogP contribution is -2.47. The zero-order valence-corrected chi connectivity index (χ0v) is 15.2. The van der Waals surface area contributed by atoms with E-state index in [0.717, 1.165) is 36.4 Å². The molecule has 0 aliphatic carbocycles. The van der Waals surface area contributed by atoms with Crippen molar-refractivity contribution in [2.24, 2.45) is 0 Å². The van der Waals surface area contributed by atoms with Crippen LogP contribution in [0.1, 0.15) is 41.4 Å². The summed E-state index contributed by atoms with van der Waals surface area (Å²) < 4.78 is 5.28. The van der Waals surface area contributed by atoms with E-state index in [2.05, 4.69) is 22.5 Å². The van der Waals surface area contributed by atoms with Gasteiger partial charge in [-0.05, 0) is 49.7 Å². The summed E-state index contributed by atoms with van der Waals surface area (Å²) in [5.74, 6) is 0.725. The zero-order chi connectivity index (χ0) is 18.1. The first-order chi connectivity index (χ1) is 12.1. The van der Waals surface area contributed by atoms with Gasteiger partial charge in [0, 0.05) is 23.9 Å². The first-order valence-electron chi connectivity index (χ1n) is 8.72. The molecular weight excluding hydrogens is 314 g/mol. The average molecular weight is 341 g/mol. The zero-order valence-electron chi connectivity index (χ0n) is 15.2. The molecule has 0 saturated heterocycles. The first-order valence-corrected chi connectivity index (χ1v) is 8.72. The number of aromatic nitrogens is 1. The third kappa shape index (κ3) is 6.19. The molecular formula is C20H27N3O2. The largest absolute Gasteiger partial charge is 0.497 e. The highest BCUT2D eigenvalue weighted by Gasteiger charge is 2.14. The molecule has 2 rings (SSSR count). The molecule has 5 heteroatoms. The Kier molecular flexibility index (Phi) is 7.41. The van der Waals surface area contributed by atoms with Crippen LogP contribution >= 0.6 is 0 Å². The van der Waals surface area contributed by atoms with Crippen LogP contribution in [0.5, 0.6) is 5.75 Å². The standard InChI is InChI=1S/C20H27N3O2/c1-4-5-10-22-19(14-16-7-6-8-18(13-16)25-3)23-20(24)17-9-11-21-15(2)12-17/h6-9,11-13,19,22H,4-5,10,14H2,1-3H3,(H,23,24)/t19-/m1/s1. The minimum atomic E-state index is -0.139. The molecule has 1 amide bonds. The van der Waals surface area contributed by atoms with E-state index >= 15 is 0 Å². The van der Waals surface area contributed by atoms with Gasteiger partial charge in [0.1, 0.15) is 5.75 Å². The Morgan fingerprint density at radius 2 is 2.12 bits per heavy atom. The van der Waals surface area contributed by atoms with E-state index in [1.807, 2.05) is 31.2 Å². The molecule has 2 N–H and O–H groups in total. The van der Waals surface area contributed by atoms with Crippen molar-refractivity contribution in [2.45, 2.75) is 39.3 Å². The summed E-state index contributed by atoms with van der Waals surface area (Å²) >= 11 is 0. The van der Waals surface area contributed by atoms with Crippen LogP contribution in [-0.2, 0) is 6.42 Å². The molecule has 2 aromatic rings. The van der Waals surface area contributed by atoms with Crippen LogP contribution < -0.4 is 15.4 Å². The average Bonchev–Trinajstić information content (AvgIpc) is 2.62. The normalized spacial score (nSPS) is 11.8. The van der Waals surface area contributed by atoms with Gasteiger partial charge in [0.25, 0.3) is 5.91 Å². The number of aryl methyl sites for hydroxylation is 1. The number of benzene rings is 1. The Balaban J connectivity index is 2.07. The number of nitrogens with zero attached hydrogens (tertiary/aromatic N) is 1. The molecule has 0 fully saturated rings. The topological polar surface area (TPSA) is 63.2 Å². The van der Waals surface area contributed by atoms with Crippen molar-refractivity contribution < 1.29 is 9.53 Å². The molecule has 25 heavy (non-hydrogen) atoms. The van der Waals surface area contributed by atoms with Crippen LogP contribution in [0.4, 0.5) is 0 Å². The van der Waals surface area contributed by atoms with E-state index in [1.54, 1.807) is 25.4 Å². The molecule has 134 valence electrons. The van der Waals surface area contributed by atoms with E-state index in [0.29, 0.717) is 12.0 Å². The van der Waals surface area contributed by atoms with Crippen LogP contribution in [-0.4, -0.2) is 30.7 Å². The first kappa shape index (κ1) is 18.9. The van der Waals surface area contributed by atoms with Gasteiger partial charge in [0.05, 0.1) is 13.3 Å². The molecule has 0 bridgehead atoms. The Hall–Kier alpha value is -2.40. The summed E-state index contributed by atoms with van der Waals surface area (Å²) in [6.45, 7) is 4.89. The monoisotopic (exact) mass is 341 g/mol. The maximum atomic E-state index is 12.5. The highest BCUT2D eigenvalue weighted by molar-refractivity contribution is 5.94. The predicted molar refractivity (Wildman–Crippen MR) is 99.8 cm³/mol. The Morgan fingerprint density at radius 3 is 2.84 bits per heavy atom. The van der Waals surface area contributed by atoms with Crippen LogP contribution in [0.3, 0.4) is 0 Å². The van der Waals surface area contributed by atoms with Gasteiger partial charge in [-0.15, -0.1) is 0 Å². The van der Waals surface area contributed by atoms with Gasteiger partial charge in [-0.25, -0.2) is 0 Å². The number of ether oxygens (including phenoxy) is 1. The molecule has 5 nitrogen and oxygen atoms in total. The number of rotatable bonds is 9. The van der Waals surface area contributed by atoms with E-state index in [4.69, 9.17) is 4.74 Å². The number of carbonyl (C=O) groups is 1. The second-order valence-corrected chi connectivity index (χ2v) is 6.08. The molecule has 0 unspecified atom stereocenters. The maximum absolute atomic E-state index is 12.5. The van der Waals surface area contributed by atoms with Gasteiger partial charge in [-0.3, -0.25) is 15.1 Å². The maximum Gasteiger partial charge on any atom is 0.252 e. The fourth-order valence-corrected chi connectivity index (χ4v) is 2.59. The highest BCUT2D eigenvalue weighted by atomic mass is 16.5. The number of hydrogen-bond acceptors (Lipinski definition) is 4. The van der Waals surface area contributed by atoms with Crippen LogP contribution in [0.25, 0.3) is 0 Å².